The Morgan fingerprint density at radius 2 is 2.31 bits per heavy atom. The lowest BCUT2D eigenvalue weighted by atomic mass is 10.0. The quantitative estimate of drug-likeness (QED) is 0.344. The van der Waals surface area contributed by atoms with E-state index in [9.17, 15) is 0 Å². The number of amidine groups is 1. The third kappa shape index (κ3) is 1.31. The van der Waals surface area contributed by atoms with Gasteiger partial charge in [-0.15, -0.1) is 0 Å². The maximum absolute atomic E-state index is 8.63. The van der Waals surface area contributed by atoms with E-state index in [1.54, 1.807) is 0 Å². The molecule has 1 aliphatic rings. The Hall–Kier alpha value is -1.35. The van der Waals surface area contributed by atoms with Crippen molar-refractivity contribution in [2.75, 3.05) is 0 Å². The van der Waals surface area contributed by atoms with Gasteiger partial charge in [-0.25, -0.2) is 0 Å². The lowest BCUT2D eigenvalue weighted by Gasteiger charge is -2.07. The van der Waals surface area contributed by atoms with Gasteiger partial charge in [-0.1, -0.05) is 18.2 Å². The highest BCUT2D eigenvalue weighted by Crippen LogP contribution is 2.26. The van der Waals surface area contributed by atoms with E-state index in [4.69, 9.17) is 10.6 Å². The number of hydrogen-bond acceptors (Lipinski definition) is 2. The molecule has 0 spiro atoms. The molecule has 2 rings (SSSR count). The molecule has 0 aromatic heterocycles. The SMILES string of the molecule is N=C(NO)c1cccc2c1CC[CH]2. The summed E-state index contributed by atoms with van der Waals surface area (Å²) in [5.74, 6) is 0.0761. The van der Waals surface area contributed by atoms with E-state index in [0.29, 0.717) is 0 Å². The monoisotopic (exact) mass is 175 g/mol. The van der Waals surface area contributed by atoms with E-state index >= 15 is 0 Å². The zero-order valence-electron chi connectivity index (χ0n) is 7.17. The third-order valence-electron chi connectivity index (χ3n) is 2.35. The van der Waals surface area contributed by atoms with Crippen LogP contribution >= 0.6 is 0 Å². The summed E-state index contributed by atoms with van der Waals surface area (Å²) < 4.78 is 0. The molecule has 0 aliphatic heterocycles. The van der Waals surface area contributed by atoms with Gasteiger partial charge in [0.05, 0.1) is 0 Å². The van der Waals surface area contributed by atoms with Crippen LogP contribution in [0.2, 0.25) is 0 Å². The molecule has 1 radical (unpaired) electrons. The molecule has 1 aromatic carbocycles. The highest BCUT2D eigenvalue weighted by atomic mass is 16.5. The van der Waals surface area contributed by atoms with Crippen LogP contribution in [0.4, 0.5) is 0 Å². The smallest absolute Gasteiger partial charge is 0.149 e. The fraction of sp³-hybridized carbons (Fsp3) is 0.200. The van der Waals surface area contributed by atoms with Gasteiger partial charge in [-0.05, 0) is 30.4 Å². The van der Waals surface area contributed by atoms with Gasteiger partial charge in [0.2, 0.25) is 0 Å². The maximum Gasteiger partial charge on any atom is 0.149 e. The van der Waals surface area contributed by atoms with Gasteiger partial charge in [0.25, 0.3) is 0 Å². The Bertz CT molecular complexity index is 347. The number of hydrogen-bond donors (Lipinski definition) is 3. The number of nitrogens with one attached hydrogen (secondary N) is 2. The minimum absolute atomic E-state index is 0.0761. The summed E-state index contributed by atoms with van der Waals surface area (Å²) in [4.78, 5) is 0. The van der Waals surface area contributed by atoms with Crippen molar-refractivity contribution in [2.24, 2.45) is 0 Å². The Morgan fingerprint density at radius 1 is 1.46 bits per heavy atom. The molecule has 1 aromatic rings. The van der Waals surface area contributed by atoms with Gasteiger partial charge < -0.3 is 0 Å². The lowest BCUT2D eigenvalue weighted by Crippen LogP contribution is -2.20. The molecule has 13 heavy (non-hydrogen) atoms. The molecule has 0 amide bonds. The first-order valence-corrected chi connectivity index (χ1v) is 4.27. The Balaban J connectivity index is 2.47. The Morgan fingerprint density at radius 3 is 3.08 bits per heavy atom. The van der Waals surface area contributed by atoms with Crippen LogP contribution in [0.25, 0.3) is 0 Å². The van der Waals surface area contributed by atoms with Crippen LogP contribution in [-0.2, 0) is 6.42 Å². The van der Waals surface area contributed by atoms with Crippen LogP contribution < -0.4 is 5.48 Å². The fourth-order valence-corrected chi connectivity index (χ4v) is 1.74. The third-order valence-corrected chi connectivity index (χ3v) is 2.35. The van der Waals surface area contributed by atoms with Gasteiger partial charge >= 0.3 is 0 Å². The molecule has 0 atom stereocenters. The van der Waals surface area contributed by atoms with Gasteiger partial charge in [0, 0.05) is 5.56 Å². The first-order chi connectivity index (χ1) is 6.33. The van der Waals surface area contributed by atoms with Crippen LogP contribution in [0.1, 0.15) is 23.1 Å². The largest absolute Gasteiger partial charge is 0.290 e. The van der Waals surface area contributed by atoms with Crippen LogP contribution in [0, 0.1) is 11.8 Å². The maximum atomic E-state index is 8.63. The fourth-order valence-electron chi connectivity index (χ4n) is 1.74. The second-order valence-electron chi connectivity index (χ2n) is 3.10. The zero-order chi connectivity index (χ0) is 9.26. The summed E-state index contributed by atoms with van der Waals surface area (Å²) >= 11 is 0. The van der Waals surface area contributed by atoms with Gasteiger partial charge in [0.15, 0.2) is 0 Å². The minimum Gasteiger partial charge on any atom is -0.290 e. The van der Waals surface area contributed by atoms with Gasteiger partial charge in [-0.3, -0.25) is 16.1 Å². The lowest BCUT2D eigenvalue weighted by molar-refractivity contribution is 0.234. The molecule has 0 saturated heterocycles. The summed E-state index contributed by atoms with van der Waals surface area (Å²) in [7, 11) is 0. The van der Waals surface area contributed by atoms with Crippen molar-refractivity contribution in [1.82, 2.24) is 5.48 Å². The molecular formula is C10H11N2O. The molecule has 67 valence electrons. The molecule has 0 heterocycles. The molecule has 0 bridgehead atoms. The molecule has 0 unspecified atom stereocenters. The zero-order valence-corrected chi connectivity index (χ0v) is 7.17. The number of rotatable bonds is 1. The first kappa shape index (κ1) is 8.26. The normalized spacial score (nSPS) is 13.9. The van der Waals surface area contributed by atoms with E-state index in [2.05, 4.69) is 6.42 Å². The predicted molar refractivity (Wildman–Crippen MR) is 49.9 cm³/mol. The number of fused-ring (bicyclic) bond motifs is 1. The molecule has 0 saturated carbocycles. The number of benzene rings is 1. The highest BCUT2D eigenvalue weighted by Gasteiger charge is 2.16. The Labute approximate surface area is 76.9 Å². The first-order valence-electron chi connectivity index (χ1n) is 4.27. The number of hydroxylamine groups is 1. The summed E-state index contributed by atoms with van der Waals surface area (Å²) in [5.41, 5.74) is 5.03. The molecule has 1 aliphatic carbocycles. The Kier molecular flexibility index (Phi) is 2.02. The van der Waals surface area contributed by atoms with Crippen molar-refractivity contribution in [3.63, 3.8) is 0 Å². The van der Waals surface area contributed by atoms with Crippen LogP contribution in [-0.4, -0.2) is 11.0 Å². The summed E-state index contributed by atoms with van der Waals surface area (Å²) in [6, 6.07) is 5.79. The van der Waals surface area contributed by atoms with Crippen molar-refractivity contribution in [3.05, 3.63) is 41.3 Å². The average molecular weight is 175 g/mol. The summed E-state index contributed by atoms with van der Waals surface area (Å²) in [5, 5.41) is 16.1. The van der Waals surface area contributed by atoms with Crippen molar-refractivity contribution >= 4 is 5.84 Å². The van der Waals surface area contributed by atoms with E-state index < -0.39 is 0 Å². The van der Waals surface area contributed by atoms with E-state index in [-0.39, 0.29) is 5.84 Å². The van der Waals surface area contributed by atoms with Crippen molar-refractivity contribution in [3.8, 4) is 0 Å². The topological polar surface area (TPSA) is 56.1 Å². The van der Waals surface area contributed by atoms with Crippen LogP contribution in [0.5, 0.6) is 0 Å². The molecule has 3 nitrogen and oxygen atoms in total. The average Bonchev–Trinajstić information content (AvgIpc) is 2.63. The van der Waals surface area contributed by atoms with E-state index in [0.717, 1.165) is 24.0 Å². The van der Waals surface area contributed by atoms with Crippen molar-refractivity contribution in [1.29, 1.82) is 5.41 Å². The van der Waals surface area contributed by atoms with Crippen molar-refractivity contribution < 1.29 is 5.21 Å². The molecule has 0 fully saturated rings. The molecule has 3 heteroatoms. The van der Waals surface area contributed by atoms with Crippen LogP contribution in [0.3, 0.4) is 0 Å². The van der Waals surface area contributed by atoms with Gasteiger partial charge in [0.1, 0.15) is 5.84 Å². The summed E-state index contributed by atoms with van der Waals surface area (Å²) in [6.07, 6.45) is 4.16. The summed E-state index contributed by atoms with van der Waals surface area (Å²) in [6.45, 7) is 0. The predicted octanol–water partition coefficient (Wildman–Crippen LogP) is 1.49. The molecular weight excluding hydrogens is 164 g/mol. The van der Waals surface area contributed by atoms with Crippen molar-refractivity contribution in [2.45, 2.75) is 12.8 Å². The second kappa shape index (κ2) is 3.18. The molecule has 3 N–H and O–H groups in total. The van der Waals surface area contributed by atoms with Gasteiger partial charge in [-0.2, -0.15) is 0 Å². The standard InChI is InChI=1S/C10H11N2O/c11-10(12-13)9-6-2-4-7-3-1-5-8(7)9/h2-4,6,13H,1,5H2,(H2,11,12). The van der Waals surface area contributed by atoms with Crippen LogP contribution in [0.15, 0.2) is 18.2 Å². The highest BCUT2D eigenvalue weighted by molar-refractivity contribution is 5.97. The minimum atomic E-state index is 0.0761. The van der Waals surface area contributed by atoms with E-state index in [1.165, 1.54) is 5.56 Å². The van der Waals surface area contributed by atoms with E-state index in [1.807, 2.05) is 23.7 Å². The second-order valence-corrected chi connectivity index (χ2v) is 3.10.